The average molecular weight is 308 g/mol. The molecule has 0 aliphatic heterocycles. The summed E-state index contributed by atoms with van der Waals surface area (Å²) in [7, 11) is -3.71. The Morgan fingerprint density at radius 3 is 2.71 bits per heavy atom. The fourth-order valence-corrected chi connectivity index (χ4v) is 4.75. The van der Waals surface area contributed by atoms with E-state index in [1.807, 2.05) is 6.92 Å². The zero-order chi connectivity index (χ0) is 15.1. The van der Waals surface area contributed by atoms with Crippen molar-refractivity contribution in [3.8, 4) is 0 Å². The van der Waals surface area contributed by atoms with Gasteiger partial charge >= 0.3 is 0 Å². The molecule has 3 rings (SSSR count). The summed E-state index contributed by atoms with van der Waals surface area (Å²) in [6.45, 7) is 1.96. The van der Waals surface area contributed by atoms with E-state index in [1.54, 1.807) is 24.4 Å². The summed E-state index contributed by atoms with van der Waals surface area (Å²) in [5.74, 6) is 0.0353. The Balaban J connectivity index is 2.02. The lowest BCUT2D eigenvalue weighted by Crippen LogP contribution is -2.47. The minimum absolute atomic E-state index is 0.0323. The first-order valence-corrected chi connectivity index (χ1v) is 8.66. The van der Waals surface area contributed by atoms with Gasteiger partial charge in [0.05, 0.1) is 0 Å². The molecule has 0 atom stereocenters. The van der Waals surface area contributed by atoms with Crippen molar-refractivity contribution in [3.05, 3.63) is 24.4 Å². The van der Waals surface area contributed by atoms with Gasteiger partial charge in [0.1, 0.15) is 5.65 Å². The van der Waals surface area contributed by atoms with E-state index in [0.717, 1.165) is 32.1 Å². The van der Waals surface area contributed by atoms with Crippen LogP contribution in [0.3, 0.4) is 0 Å². The number of aromatic nitrogens is 2. The van der Waals surface area contributed by atoms with E-state index in [0.29, 0.717) is 5.65 Å². The number of pyridine rings is 1. The van der Waals surface area contributed by atoms with E-state index >= 15 is 0 Å². The second-order valence-electron chi connectivity index (χ2n) is 5.96. The first-order valence-electron chi connectivity index (χ1n) is 7.18. The molecule has 2 aromatic rings. The molecular formula is C14H20N4O2S. The van der Waals surface area contributed by atoms with E-state index in [-0.39, 0.29) is 10.8 Å². The van der Waals surface area contributed by atoms with Gasteiger partial charge in [0.15, 0.2) is 10.8 Å². The SMILES string of the molecule is CC1(NS(=O)(=O)c2c(N)nc3ccccn23)CCCCC1. The maximum atomic E-state index is 12.7. The monoisotopic (exact) mass is 308 g/mol. The summed E-state index contributed by atoms with van der Waals surface area (Å²) >= 11 is 0. The predicted octanol–water partition coefficient (Wildman–Crippen LogP) is 1.92. The Labute approximate surface area is 124 Å². The van der Waals surface area contributed by atoms with Crippen molar-refractivity contribution in [2.24, 2.45) is 0 Å². The number of anilines is 1. The van der Waals surface area contributed by atoms with Gasteiger partial charge < -0.3 is 5.73 Å². The molecule has 21 heavy (non-hydrogen) atoms. The van der Waals surface area contributed by atoms with Gasteiger partial charge in [0.25, 0.3) is 10.0 Å². The minimum Gasteiger partial charge on any atom is -0.381 e. The largest absolute Gasteiger partial charge is 0.381 e. The molecule has 0 aromatic carbocycles. The van der Waals surface area contributed by atoms with Crippen LogP contribution in [0.1, 0.15) is 39.0 Å². The van der Waals surface area contributed by atoms with Gasteiger partial charge in [-0.3, -0.25) is 4.40 Å². The number of nitrogens with zero attached hydrogens (tertiary/aromatic N) is 2. The van der Waals surface area contributed by atoms with Crippen molar-refractivity contribution in [3.63, 3.8) is 0 Å². The molecule has 0 amide bonds. The van der Waals surface area contributed by atoms with Crippen LogP contribution < -0.4 is 10.5 Å². The molecule has 1 saturated carbocycles. The van der Waals surface area contributed by atoms with Gasteiger partial charge in [0.2, 0.25) is 0 Å². The number of rotatable bonds is 3. The predicted molar refractivity (Wildman–Crippen MR) is 81.4 cm³/mol. The second kappa shape index (κ2) is 4.99. The molecule has 1 aliphatic rings. The van der Waals surface area contributed by atoms with E-state index in [1.165, 1.54) is 4.40 Å². The number of hydrogen-bond acceptors (Lipinski definition) is 4. The molecule has 114 valence electrons. The Kier molecular flexibility index (Phi) is 3.41. The Bertz CT molecular complexity index is 760. The van der Waals surface area contributed by atoms with E-state index in [4.69, 9.17) is 5.73 Å². The quantitative estimate of drug-likeness (QED) is 0.906. The summed E-state index contributed by atoms with van der Waals surface area (Å²) < 4.78 is 29.9. The van der Waals surface area contributed by atoms with Gasteiger partial charge in [0, 0.05) is 11.7 Å². The molecule has 6 nitrogen and oxygen atoms in total. The molecule has 3 N–H and O–H groups in total. The molecule has 0 radical (unpaired) electrons. The van der Waals surface area contributed by atoms with Crippen molar-refractivity contribution < 1.29 is 8.42 Å². The molecule has 0 bridgehead atoms. The molecule has 1 aliphatic carbocycles. The molecule has 0 saturated heterocycles. The van der Waals surface area contributed by atoms with Gasteiger partial charge in [-0.2, -0.15) is 0 Å². The number of nitrogens with two attached hydrogens (primary N) is 1. The van der Waals surface area contributed by atoms with Crippen LogP contribution in [-0.2, 0) is 10.0 Å². The van der Waals surface area contributed by atoms with Crippen LogP contribution in [-0.4, -0.2) is 23.3 Å². The highest BCUT2D eigenvalue weighted by atomic mass is 32.2. The maximum absolute atomic E-state index is 12.7. The van der Waals surface area contributed by atoms with Crippen LogP contribution in [0.2, 0.25) is 0 Å². The Hall–Kier alpha value is -1.60. The van der Waals surface area contributed by atoms with E-state index in [9.17, 15) is 8.42 Å². The van der Waals surface area contributed by atoms with Gasteiger partial charge in [-0.15, -0.1) is 0 Å². The zero-order valence-electron chi connectivity index (χ0n) is 12.0. The maximum Gasteiger partial charge on any atom is 0.260 e. The molecule has 7 heteroatoms. The van der Waals surface area contributed by atoms with Crippen LogP contribution >= 0.6 is 0 Å². The first-order chi connectivity index (χ1) is 9.91. The lowest BCUT2D eigenvalue weighted by molar-refractivity contribution is 0.293. The highest BCUT2D eigenvalue weighted by Crippen LogP contribution is 2.30. The number of nitrogen functional groups attached to an aromatic ring is 1. The Morgan fingerprint density at radius 2 is 2.00 bits per heavy atom. The molecule has 2 aromatic heterocycles. The smallest absolute Gasteiger partial charge is 0.260 e. The van der Waals surface area contributed by atoms with Crippen LogP contribution in [0.25, 0.3) is 5.65 Å². The highest BCUT2D eigenvalue weighted by molar-refractivity contribution is 7.89. The fraction of sp³-hybridized carbons (Fsp3) is 0.500. The third-order valence-electron chi connectivity index (χ3n) is 4.10. The standard InChI is InChI=1S/C14H20N4O2S/c1-14(8-4-2-5-9-14)17-21(19,20)13-12(15)16-11-7-3-6-10-18(11)13/h3,6-7,10,17H,2,4-5,8-9,15H2,1H3. The third-order valence-corrected chi connectivity index (χ3v) is 5.78. The van der Waals surface area contributed by atoms with Crippen LogP contribution in [0.5, 0.6) is 0 Å². The Morgan fingerprint density at radius 1 is 1.29 bits per heavy atom. The average Bonchev–Trinajstić information content (AvgIpc) is 2.74. The highest BCUT2D eigenvalue weighted by Gasteiger charge is 2.34. The molecule has 0 unspecified atom stereocenters. The van der Waals surface area contributed by atoms with Crippen LogP contribution in [0, 0.1) is 0 Å². The number of imidazole rings is 1. The van der Waals surface area contributed by atoms with Crippen LogP contribution in [0.15, 0.2) is 29.4 Å². The minimum atomic E-state index is -3.71. The lowest BCUT2D eigenvalue weighted by atomic mass is 9.84. The molecule has 1 fully saturated rings. The number of hydrogen-bond donors (Lipinski definition) is 2. The first kappa shape index (κ1) is 14.3. The van der Waals surface area contributed by atoms with Gasteiger partial charge in [-0.05, 0) is 31.9 Å². The normalized spacial score (nSPS) is 18.9. The van der Waals surface area contributed by atoms with Crippen molar-refractivity contribution in [2.45, 2.75) is 49.6 Å². The molecule has 0 spiro atoms. The summed E-state index contributed by atoms with van der Waals surface area (Å²) in [4.78, 5) is 4.12. The second-order valence-corrected chi connectivity index (χ2v) is 7.56. The summed E-state index contributed by atoms with van der Waals surface area (Å²) in [5, 5.41) is 0.0323. The number of sulfonamides is 1. The zero-order valence-corrected chi connectivity index (χ0v) is 12.9. The van der Waals surface area contributed by atoms with Crippen molar-refractivity contribution in [2.75, 3.05) is 5.73 Å². The van der Waals surface area contributed by atoms with Crippen molar-refractivity contribution in [1.82, 2.24) is 14.1 Å². The van der Waals surface area contributed by atoms with Gasteiger partial charge in [-0.1, -0.05) is 25.3 Å². The molecule has 2 heterocycles. The third kappa shape index (κ3) is 2.63. The van der Waals surface area contributed by atoms with Crippen LogP contribution in [0.4, 0.5) is 5.82 Å². The fourth-order valence-electron chi connectivity index (χ4n) is 3.07. The van der Waals surface area contributed by atoms with Gasteiger partial charge in [-0.25, -0.2) is 18.1 Å². The van der Waals surface area contributed by atoms with E-state index < -0.39 is 15.6 Å². The van der Waals surface area contributed by atoms with Crippen molar-refractivity contribution >= 4 is 21.5 Å². The summed E-state index contributed by atoms with van der Waals surface area (Å²) in [5.41, 5.74) is 5.97. The summed E-state index contributed by atoms with van der Waals surface area (Å²) in [6, 6.07) is 5.29. The summed E-state index contributed by atoms with van der Waals surface area (Å²) in [6.07, 6.45) is 6.61. The topological polar surface area (TPSA) is 89.5 Å². The lowest BCUT2D eigenvalue weighted by Gasteiger charge is -2.33. The van der Waals surface area contributed by atoms with Crippen molar-refractivity contribution in [1.29, 1.82) is 0 Å². The van der Waals surface area contributed by atoms with E-state index in [2.05, 4.69) is 9.71 Å². The number of nitrogens with one attached hydrogen (secondary N) is 1. The molecular weight excluding hydrogens is 288 g/mol. The number of fused-ring (bicyclic) bond motifs is 1.